The van der Waals surface area contributed by atoms with E-state index in [2.05, 4.69) is 37.8 Å². The number of hydrogen-bond donors (Lipinski definition) is 2. The Balaban J connectivity index is 2.87. The van der Waals surface area contributed by atoms with Crippen LogP contribution >= 0.6 is 0 Å². The molecule has 0 spiro atoms. The summed E-state index contributed by atoms with van der Waals surface area (Å²) in [5.41, 5.74) is 5.64. The van der Waals surface area contributed by atoms with E-state index in [1.165, 1.54) is 0 Å². The van der Waals surface area contributed by atoms with E-state index in [4.69, 9.17) is 5.73 Å². The van der Waals surface area contributed by atoms with E-state index in [0.717, 1.165) is 18.8 Å². The first-order valence-corrected chi connectivity index (χ1v) is 7.10. The lowest BCUT2D eigenvalue weighted by molar-refractivity contribution is 0.104. The SMILES string of the molecule is CC(C)Cn1ncnc1CC(CN)(CO)CC(C)C. The van der Waals surface area contributed by atoms with E-state index in [-0.39, 0.29) is 12.0 Å². The third kappa shape index (κ3) is 4.58. The topological polar surface area (TPSA) is 77.0 Å². The number of nitrogens with two attached hydrogens (primary N) is 1. The fourth-order valence-electron chi connectivity index (χ4n) is 2.54. The van der Waals surface area contributed by atoms with Crippen LogP contribution in [0.3, 0.4) is 0 Å². The highest BCUT2D eigenvalue weighted by molar-refractivity contribution is 4.95. The van der Waals surface area contributed by atoms with E-state index in [1.807, 2.05) is 4.68 Å². The van der Waals surface area contributed by atoms with Gasteiger partial charge in [-0.3, -0.25) is 0 Å². The van der Waals surface area contributed by atoms with Gasteiger partial charge in [0.25, 0.3) is 0 Å². The number of nitrogens with zero attached hydrogens (tertiary/aromatic N) is 3. The molecule has 1 aromatic rings. The van der Waals surface area contributed by atoms with Crippen molar-refractivity contribution in [2.75, 3.05) is 13.2 Å². The standard InChI is InChI=1S/C14H28N4O/c1-11(2)5-14(8-15,9-19)6-13-16-10-17-18(13)7-12(3)4/h10-12,19H,5-9,15H2,1-4H3. The molecular formula is C14H28N4O. The molecule has 110 valence electrons. The molecule has 0 amide bonds. The average molecular weight is 268 g/mol. The number of rotatable bonds is 8. The third-order valence-electron chi connectivity index (χ3n) is 3.38. The first-order valence-electron chi connectivity index (χ1n) is 7.10. The fourth-order valence-corrected chi connectivity index (χ4v) is 2.54. The molecule has 5 nitrogen and oxygen atoms in total. The van der Waals surface area contributed by atoms with Gasteiger partial charge in [0.15, 0.2) is 0 Å². The minimum Gasteiger partial charge on any atom is -0.396 e. The average Bonchev–Trinajstić information content (AvgIpc) is 2.74. The molecule has 1 atom stereocenters. The minimum atomic E-state index is -0.282. The highest BCUT2D eigenvalue weighted by Gasteiger charge is 2.31. The summed E-state index contributed by atoms with van der Waals surface area (Å²) in [4.78, 5) is 4.34. The molecule has 1 aromatic heterocycles. The largest absolute Gasteiger partial charge is 0.396 e. The number of hydrogen-bond acceptors (Lipinski definition) is 4. The molecular weight excluding hydrogens is 240 g/mol. The molecule has 1 unspecified atom stereocenters. The Hall–Kier alpha value is -0.940. The first-order chi connectivity index (χ1) is 8.92. The molecule has 1 heterocycles. The quantitative estimate of drug-likeness (QED) is 0.748. The Labute approximate surface area is 116 Å². The van der Waals surface area contributed by atoms with E-state index in [1.54, 1.807) is 6.33 Å². The zero-order chi connectivity index (χ0) is 14.5. The van der Waals surface area contributed by atoms with Gasteiger partial charge in [-0.1, -0.05) is 27.7 Å². The molecule has 1 rings (SSSR count). The molecule has 0 bridgehead atoms. The maximum Gasteiger partial charge on any atom is 0.138 e. The Bertz CT molecular complexity index is 369. The van der Waals surface area contributed by atoms with Gasteiger partial charge in [0, 0.05) is 24.9 Å². The van der Waals surface area contributed by atoms with E-state index in [0.29, 0.717) is 24.8 Å². The van der Waals surface area contributed by atoms with Crippen LogP contribution in [0.25, 0.3) is 0 Å². The Morgan fingerprint density at radius 3 is 2.47 bits per heavy atom. The van der Waals surface area contributed by atoms with Gasteiger partial charge < -0.3 is 10.8 Å². The second-order valence-electron chi connectivity index (χ2n) is 6.39. The second-order valence-corrected chi connectivity index (χ2v) is 6.39. The van der Waals surface area contributed by atoms with Gasteiger partial charge in [-0.15, -0.1) is 0 Å². The summed E-state index contributed by atoms with van der Waals surface area (Å²) in [6.07, 6.45) is 3.17. The molecule has 0 saturated carbocycles. The minimum absolute atomic E-state index is 0.0935. The summed E-state index contributed by atoms with van der Waals surface area (Å²) in [6.45, 7) is 10.0. The van der Waals surface area contributed by atoms with Crippen molar-refractivity contribution < 1.29 is 5.11 Å². The van der Waals surface area contributed by atoms with Gasteiger partial charge in [0.1, 0.15) is 12.2 Å². The summed E-state index contributed by atoms with van der Waals surface area (Å²) >= 11 is 0. The van der Waals surface area contributed by atoms with E-state index in [9.17, 15) is 5.11 Å². The molecule has 19 heavy (non-hydrogen) atoms. The molecule has 0 fully saturated rings. The number of aliphatic hydroxyl groups excluding tert-OH is 1. The molecule has 0 aromatic carbocycles. The summed E-state index contributed by atoms with van der Waals surface area (Å²) in [5, 5.41) is 14.0. The maximum atomic E-state index is 9.76. The molecule has 0 aliphatic carbocycles. The Morgan fingerprint density at radius 1 is 1.32 bits per heavy atom. The molecule has 0 aliphatic rings. The Morgan fingerprint density at radius 2 is 2.00 bits per heavy atom. The summed E-state index contributed by atoms with van der Waals surface area (Å²) in [5.74, 6) is 1.94. The highest BCUT2D eigenvalue weighted by atomic mass is 16.3. The fraction of sp³-hybridized carbons (Fsp3) is 0.857. The van der Waals surface area contributed by atoms with Crippen LogP contribution in [-0.2, 0) is 13.0 Å². The summed E-state index contributed by atoms with van der Waals surface area (Å²) < 4.78 is 1.94. The number of aromatic nitrogens is 3. The van der Waals surface area contributed by atoms with Crippen molar-refractivity contribution in [1.82, 2.24) is 14.8 Å². The van der Waals surface area contributed by atoms with Crippen LogP contribution in [0.4, 0.5) is 0 Å². The maximum absolute atomic E-state index is 9.76. The lowest BCUT2D eigenvalue weighted by Crippen LogP contribution is -2.38. The first kappa shape index (κ1) is 16.1. The van der Waals surface area contributed by atoms with Crippen LogP contribution in [0, 0.1) is 17.3 Å². The van der Waals surface area contributed by atoms with Crippen molar-refractivity contribution in [3.8, 4) is 0 Å². The Kier molecular flexibility index (Phi) is 5.94. The van der Waals surface area contributed by atoms with Crippen molar-refractivity contribution in [3.05, 3.63) is 12.2 Å². The summed E-state index contributed by atoms with van der Waals surface area (Å²) in [7, 11) is 0. The van der Waals surface area contributed by atoms with Gasteiger partial charge in [0.05, 0.1) is 6.61 Å². The van der Waals surface area contributed by atoms with Crippen molar-refractivity contribution in [2.45, 2.75) is 47.1 Å². The van der Waals surface area contributed by atoms with Crippen LogP contribution < -0.4 is 5.73 Å². The second kappa shape index (κ2) is 7.01. The smallest absolute Gasteiger partial charge is 0.138 e. The monoisotopic (exact) mass is 268 g/mol. The molecule has 0 aliphatic heterocycles. The van der Waals surface area contributed by atoms with Gasteiger partial charge >= 0.3 is 0 Å². The van der Waals surface area contributed by atoms with Crippen molar-refractivity contribution in [3.63, 3.8) is 0 Å². The predicted octanol–water partition coefficient (Wildman–Crippen LogP) is 1.46. The van der Waals surface area contributed by atoms with Crippen LogP contribution in [0.15, 0.2) is 6.33 Å². The number of aliphatic hydroxyl groups is 1. The van der Waals surface area contributed by atoms with Crippen LogP contribution in [0.5, 0.6) is 0 Å². The van der Waals surface area contributed by atoms with Crippen molar-refractivity contribution >= 4 is 0 Å². The van der Waals surface area contributed by atoms with E-state index < -0.39 is 0 Å². The van der Waals surface area contributed by atoms with Gasteiger partial charge in [-0.05, 0) is 18.3 Å². The lowest BCUT2D eigenvalue weighted by Gasteiger charge is -2.32. The third-order valence-corrected chi connectivity index (χ3v) is 3.38. The zero-order valence-electron chi connectivity index (χ0n) is 12.6. The van der Waals surface area contributed by atoms with Gasteiger partial charge in [-0.25, -0.2) is 9.67 Å². The molecule has 5 heteroatoms. The molecule has 0 saturated heterocycles. The highest BCUT2D eigenvalue weighted by Crippen LogP contribution is 2.29. The molecule has 0 radical (unpaired) electrons. The van der Waals surface area contributed by atoms with Crippen LogP contribution in [0.2, 0.25) is 0 Å². The predicted molar refractivity (Wildman–Crippen MR) is 76.6 cm³/mol. The van der Waals surface area contributed by atoms with Crippen LogP contribution in [-0.4, -0.2) is 33.0 Å². The van der Waals surface area contributed by atoms with Crippen molar-refractivity contribution in [2.24, 2.45) is 23.0 Å². The summed E-state index contributed by atoms with van der Waals surface area (Å²) in [6, 6.07) is 0. The lowest BCUT2D eigenvalue weighted by atomic mass is 9.77. The zero-order valence-corrected chi connectivity index (χ0v) is 12.6. The van der Waals surface area contributed by atoms with Crippen LogP contribution in [0.1, 0.15) is 39.9 Å². The van der Waals surface area contributed by atoms with Gasteiger partial charge in [0.2, 0.25) is 0 Å². The van der Waals surface area contributed by atoms with Gasteiger partial charge in [-0.2, -0.15) is 5.10 Å². The normalized spacial score (nSPS) is 15.2. The van der Waals surface area contributed by atoms with E-state index >= 15 is 0 Å². The van der Waals surface area contributed by atoms with Crippen molar-refractivity contribution in [1.29, 1.82) is 0 Å². The molecule has 3 N–H and O–H groups in total.